The highest BCUT2D eigenvalue weighted by Crippen LogP contribution is 2.32. The molecule has 1 saturated heterocycles. The minimum absolute atomic E-state index is 0.558. The van der Waals surface area contributed by atoms with E-state index in [0.29, 0.717) is 4.90 Å². The minimum Gasteiger partial charge on any atom is -0.480 e. The zero-order valence-electron chi connectivity index (χ0n) is 6.25. The zero-order valence-corrected chi connectivity index (χ0v) is 6.25. The fraction of sp³-hybridized carbons (Fsp3) is 0.667. The highest BCUT2D eigenvalue weighted by atomic mass is 19.3. The summed E-state index contributed by atoms with van der Waals surface area (Å²) in [6.45, 7) is 0. The number of likely N-dealkylation sites (tertiary alicyclic amines) is 1. The first kappa shape index (κ1) is 8.89. The second-order valence-electron chi connectivity index (χ2n) is 2.68. The Balaban J connectivity index is 2.88. The van der Waals surface area contributed by atoms with Crippen LogP contribution in [0, 0.1) is 0 Å². The highest BCUT2D eigenvalue weighted by molar-refractivity contribution is 5.92. The summed E-state index contributed by atoms with van der Waals surface area (Å²) in [6, 6.07) is -1.40. The van der Waals surface area contributed by atoms with E-state index in [1.54, 1.807) is 0 Å². The quantitative estimate of drug-likeness (QED) is 0.613. The zero-order chi connectivity index (χ0) is 9.52. The Bertz CT molecular complexity index is 241. The van der Waals surface area contributed by atoms with Gasteiger partial charge >= 0.3 is 11.9 Å². The maximum Gasteiger partial charge on any atom is 0.327 e. The van der Waals surface area contributed by atoms with Crippen LogP contribution in [0.25, 0.3) is 0 Å². The number of rotatable bonds is 1. The van der Waals surface area contributed by atoms with E-state index >= 15 is 0 Å². The van der Waals surface area contributed by atoms with Gasteiger partial charge in [0.25, 0.3) is 5.91 Å². The molecule has 1 heterocycles. The van der Waals surface area contributed by atoms with Crippen LogP contribution in [0.2, 0.25) is 0 Å². The van der Waals surface area contributed by atoms with E-state index in [4.69, 9.17) is 5.11 Å². The van der Waals surface area contributed by atoms with Crippen LogP contribution in [-0.2, 0) is 9.59 Å². The Hall–Kier alpha value is -1.20. The molecule has 0 aromatic heterocycles. The maximum absolute atomic E-state index is 12.5. The molecule has 1 N–H and O–H groups in total. The van der Waals surface area contributed by atoms with Crippen LogP contribution < -0.4 is 0 Å². The van der Waals surface area contributed by atoms with E-state index < -0.39 is 30.3 Å². The van der Waals surface area contributed by atoms with Crippen molar-refractivity contribution in [2.24, 2.45) is 0 Å². The smallest absolute Gasteiger partial charge is 0.327 e. The topological polar surface area (TPSA) is 57.6 Å². The largest absolute Gasteiger partial charge is 0.480 e. The van der Waals surface area contributed by atoms with E-state index in [2.05, 4.69) is 0 Å². The van der Waals surface area contributed by atoms with Gasteiger partial charge in [-0.3, -0.25) is 4.79 Å². The first-order chi connectivity index (χ1) is 5.36. The van der Waals surface area contributed by atoms with Crippen LogP contribution in [0.5, 0.6) is 0 Å². The molecule has 12 heavy (non-hydrogen) atoms. The molecule has 0 bridgehead atoms. The van der Waals surface area contributed by atoms with Gasteiger partial charge in [0.1, 0.15) is 6.04 Å². The van der Waals surface area contributed by atoms with Gasteiger partial charge in [0.2, 0.25) is 0 Å². The van der Waals surface area contributed by atoms with E-state index in [1.807, 2.05) is 0 Å². The van der Waals surface area contributed by atoms with E-state index in [0.717, 1.165) is 7.05 Å². The number of nitrogens with zero attached hydrogens (tertiary/aromatic N) is 1. The molecule has 0 aromatic rings. The molecule has 0 aliphatic carbocycles. The summed E-state index contributed by atoms with van der Waals surface area (Å²) in [4.78, 5) is 21.5. The average Bonchev–Trinajstić information content (AvgIpc) is 2.14. The van der Waals surface area contributed by atoms with Crippen LogP contribution in [0.3, 0.4) is 0 Å². The van der Waals surface area contributed by atoms with Crippen molar-refractivity contribution in [1.29, 1.82) is 0 Å². The number of carboxylic acid groups (broad SMARTS) is 1. The lowest BCUT2D eigenvalue weighted by atomic mass is 10.2. The molecule has 4 nitrogen and oxygen atoms in total. The average molecular weight is 179 g/mol. The molecule has 68 valence electrons. The predicted octanol–water partition coefficient (Wildman–Crippen LogP) is -0.0630. The van der Waals surface area contributed by atoms with Gasteiger partial charge in [-0.25, -0.2) is 4.79 Å². The highest BCUT2D eigenvalue weighted by Gasteiger charge is 2.54. The summed E-state index contributed by atoms with van der Waals surface area (Å²) in [5, 5.41) is 8.41. The van der Waals surface area contributed by atoms with Gasteiger partial charge in [-0.15, -0.1) is 0 Å². The predicted molar refractivity (Wildman–Crippen MR) is 33.8 cm³/mol. The molecule has 1 aliphatic heterocycles. The molecule has 1 aliphatic rings. The Labute approximate surface area is 66.8 Å². The summed E-state index contributed by atoms with van der Waals surface area (Å²) < 4.78 is 25.1. The molecule has 1 amide bonds. The number of likely N-dealkylation sites (N-methyl/N-ethyl adjacent to an activating group) is 1. The Kier molecular flexibility index (Phi) is 1.78. The first-order valence-electron chi connectivity index (χ1n) is 3.24. The monoisotopic (exact) mass is 179 g/mol. The Morgan fingerprint density at radius 2 is 2.25 bits per heavy atom. The molecule has 0 unspecified atom stereocenters. The van der Waals surface area contributed by atoms with Gasteiger partial charge in [-0.2, -0.15) is 8.78 Å². The van der Waals surface area contributed by atoms with Crippen LogP contribution in [0.1, 0.15) is 6.42 Å². The molecule has 0 radical (unpaired) electrons. The molecule has 6 heteroatoms. The maximum atomic E-state index is 12.5. The molecule has 1 rings (SSSR count). The van der Waals surface area contributed by atoms with Gasteiger partial charge in [0, 0.05) is 7.05 Å². The van der Waals surface area contributed by atoms with E-state index in [9.17, 15) is 18.4 Å². The SMILES string of the molecule is CN1C(=O)C(F)(F)C[C@H]1C(=O)O. The third kappa shape index (κ3) is 1.13. The molecule has 0 spiro atoms. The van der Waals surface area contributed by atoms with Gasteiger partial charge in [-0.1, -0.05) is 0 Å². The van der Waals surface area contributed by atoms with Gasteiger partial charge < -0.3 is 10.0 Å². The number of alkyl halides is 2. The second-order valence-corrected chi connectivity index (χ2v) is 2.68. The van der Waals surface area contributed by atoms with Crippen molar-refractivity contribution < 1.29 is 23.5 Å². The van der Waals surface area contributed by atoms with Crippen molar-refractivity contribution in [2.75, 3.05) is 7.05 Å². The number of carboxylic acids is 1. The minimum atomic E-state index is -3.52. The summed E-state index contributed by atoms with van der Waals surface area (Å²) >= 11 is 0. The first-order valence-corrected chi connectivity index (χ1v) is 3.24. The molecular formula is C6H7F2NO3. The lowest BCUT2D eigenvalue weighted by Crippen LogP contribution is -2.36. The van der Waals surface area contributed by atoms with E-state index in [1.165, 1.54) is 0 Å². The number of amides is 1. The number of carbonyl (C=O) groups is 2. The number of hydrogen-bond donors (Lipinski definition) is 1. The lowest BCUT2D eigenvalue weighted by molar-refractivity contribution is -0.149. The third-order valence-electron chi connectivity index (χ3n) is 1.84. The van der Waals surface area contributed by atoms with Gasteiger partial charge in [0.15, 0.2) is 0 Å². The summed E-state index contributed by atoms with van der Waals surface area (Å²) in [5.41, 5.74) is 0. The Morgan fingerprint density at radius 1 is 1.75 bits per heavy atom. The number of carbonyl (C=O) groups excluding carboxylic acids is 1. The standard InChI is InChI=1S/C6H7F2NO3/c1-9-3(4(10)11)2-6(7,8)5(9)12/h3H,2H2,1H3,(H,10,11)/t3-/m0/s1. The molecule has 0 aromatic carbocycles. The van der Waals surface area contributed by atoms with Crippen LogP contribution >= 0.6 is 0 Å². The van der Waals surface area contributed by atoms with E-state index in [-0.39, 0.29) is 0 Å². The van der Waals surface area contributed by atoms with Crippen LogP contribution in [0.4, 0.5) is 8.78 Å². The summed E-state index contributed by atoms with van der Waals surface area (Å²) in [6.07, 6.45) is -0.933. The number of aliphatic carboxylic acids is 1. The lowest BCUT2D eigenvalue weighted by Gasteiger charge is -2.13. The fourth-order valence-corrected chi connectivity index (χ4v) is 1.12. The van der Waals surface area contributed by atoms with Crippen molar-refractivity contribution in [3.05, 3.63) is 0 Å². The fourth-order valence-electron chi connectivity index (χ4n) is 1.12. The van der Waals surface area contributed by atoms with Crippen molar-refractivity contribution >= 4 is 11.9 Å². The summed E-state index contributed by atoms with van der Waals surface area (Å²) in [5.74, 6) is -6.34. The Morgan fingerprint density at radius 3 is 2.42 bits per heavy atom. The summed E-state index contributed by atoms with van der Waals surface area (Å²) in [7, 11) is 1.06. The van der Waals surface area contributed by atoms with Crippen molar-refractivity contribution in [3.63, 3.8) is 0 Å². The van der Waals surface area contributed by atoms with Crippen LogP contribution in [-0.4, -0.2) is 40.9 Å². The molecule has 1 atom stereocenters. The number of hydrogen-bond acceptors (Lipinski definition) is 2. The van der Waals surface area contributed by atoms with Crippen molar-refractivity contribution in [1.82, 2.24) is 4.90 Å². The third-order valence-corrected chi connectivity index (χ3v) is 1.84. The van der Waals surface area contributed by atoms with Gasteiger partial charge in [0.05, 0.1) is 6.42 Å². The number of halogens is 2. The van der Waals surface area contributed by atoms with Crippen molar-refractivity contribution in [2.45, 2.75) is 18.4 Å². The van der Waals surface area contributed by atoms with Crippen molar-refractivity contribution in [3.8, 4) is 0 Å². The molecular weight excluding hydrogens is 172 g/mol. The normalized spacial score (nSPS) is 27.8. The van der Waals surface area contributed by atoms with Gasteiger partial charge in [-0.05, 0) is 0 Å². The molecule has 0 saturated carbocycles. The second kappa shape index (κ2) is 2.40. The molecule has 1 fully saturated rings. The van der Waals surface area contributed by atoms with Crippen LogP contribution in [0.15, 0.2) is 0 Å².